The molecular formula is C13H22N4O. The van der Waals surface area contributed by atoms with E-state index in [0.717, 1.165) is 25.4 Å². The Morgan fingerprint density at radius 3 is 3.06 bits per heavy atom. The van der Waals surface area contributed by atoms with E-state index in [4.69, 9.17) is 10.5 Å². The van der Waals surface area contributed by atoms with Gasteiger partial charge in [-0.3, -0.25) is 4.68 Å². The largest absolute Gasteiger partial charge is 0.377 e. The number of hydrogen-bond acceptors (Lipinski definition) is 4. The minimum atomic E-state index is -0.203. The molecule has 3 rings (SSSR count). The molecule has 0 radical (unpaired) electrons. The molecule has 1 aliphatic carbocycles. The average Bonchev–Trinajstić information content (AvgIpc) is 2.93. The van der Waals surface area contributed by atoms with Gasteiger partial charge >= 0.3 is 0 Å². The molecule has 18 heavy (non-hydrogen) atoms. The molecule has 0 bridgehead atoms. The lowest BCUT2D eigenvalue weighted by Crippen LogP contribution is -2.77. The zero-order valence-electron chi connectivity index (χ0n) is 11.3. The Kier molecular flexibility index (Phi) is 2.47. The van der Waals surface area contributed by atoms with Crippen molar-refractivity contribution >= 4 is 5.82 Å². The number of nitrogens with one attached hydrogen (secondary N) is 1. The van der Waals surface area contributed by atoms with Gasteiger partial charge in [0, 0.05) is 49.3 Å². The maximum atomic E-state index is 6.64. The van der Waals surface area contributed by atoms with Crippen LogP contribution < -0.4 is 11.1 Å². The Labute approximate surface area is 108 Å². The Morgan fingerprint density at radius 2 is 2.39 bits per heavy atom. The van der Waals surface area contributed by atoms with Gasteiger partial charge in [0.2, 0.25) is 0 Å². The molecule has 3 N–H and O–H groups in total. The summed E-state index contributed by atoms with van der Waals surface area (Å²) < 4.78 is 7.58. The van der Waals surface area contributed by atoms with Gasteiger partial charge in [0.1, 0.15) is 5.82 Å². The highest BCUT2D eigenvalue weighted by Crippen LogP contribution is 2.57. The standard InChI is InChI=1S/C13H22N4O/c1-12(2)11-9(5-7-18-11)13(12,14)8-15-10-4-6-17(3)16-10/h4,6,9,11H,5,7-8,14H2,1-3H3,(H,15,16). The number of rotatable bonds is 3. The summed E-state index contributed by atoms with van der Waals surface area (Å²) in [5.74, 6) is 1.37. The molecule has 1 saturated carbocycles. The van der Waals surface area contributed by atoms with Crippen molar-refractivity contribution in [3.8, 4) is 0 Å². The molecule has 5 nitrogen and oxygen atoms in total. The second-order valence-corrected chi connectivity index (χ2v) is 6.18. The molecule has 1 aliphatic heterocycles. The van der Waals surface area contributed by atoms with Crippen molar-refractivity contribution in [1.82, 2.24) is 9.78 Å². The van der Waals surface area contributed by atoms with Crippen LogP contribution >= 0.6 is 0 Å². The summed E-state index contributed by atoms with van der Waals surface area (Å²) in [7, 11) is 1.91. The van der Waals surface area contributed by atoms with E-state index in [0.29, 0.717) is 12.0 Å². The second kappa shape index (κ2) is 3.71. The molecule has 1 aromatic heterocycles. The zero-order chi connectivity index (χ0) is 13.0. The molecule has 1 aromatic rings. The van der Waals surface area contributed by atoms with Gasteiger partial charge in [-0.15, -0.1) is 0 Å². The number of nitrogens with two attached hydrogens (primary N) is 1. The highest BCUT2D eigenvalue weighted by molar-refractivity contribution is 5.35. The van der Waals surface area contributed by atoms with Crippen LogP contribution in [-0.2, 0) is 11.8 Å². The Balaban J connectivity index is 1.71. The highest BCUT2D eigenvalue weighted by Gasteiger charge is 2.67. The number of fused-ring (bicyclic) bond motifs is 1. The van der Waals surface area contributed by atoms with Gasteiger partial charge in [0.05, 0.1) is 6.10 Å². The Morgan fingerprint density at radius 1 is 1.61 bits per heavy atom. The predicted molar refractivity (Wildman–Crippen MR) is 70.2 cm³/mol. The molecule has 2 fully saturated rings. The second-order valence-electron chi connectivity index (χ2n) is 6.18. The fraction of sp³-hybridized carbons (Fsp3) is 0.769. The quantitative estimate of drug-likeness (QED) is 0.839. The van der Waals surface area contributed by atoms with E-state index in [1.807, 2.05) is 19.3 Å². The summed E-state index contributed by atoms with van der Waals surface area (Å²) in [6, 6.07) is 1.97. The van der Waals surface area contributed by atoms with Gasteiger partial charge < -0.3 is 15.8 Å². The molecule has 2 aliphatic rings. The summed E-state index contributed by atoms with van der Waals surface area (Å²) in [6.45, 7) is 6.02. The zero-order valence-corrected chi connectivity index (χ0v) is 11.3. The molecule has 3 atom stereocenters. The van der Waals surface area contributed by atoms with Crippen LogP contribution in [0.4, 0.5) is 5.82 Å². The van der Waals surface area contributed by atoms with Crippen LogP contribution in [0.1, 0.15) is 20.3 Å². The van der Waals surface area contributed by atoms with Crippen LogP contribution in [-0.4, -0.2) is 34.6 Å². The monoisotopic (exact) mass is 250 g/mol. The van der Waals surface area contributed by atoms with Crippen molar-refractivity contribution in [2.45, 2.75) is 31.9 Å². The van der Waals surface area contributed by atoms with Crippen LogP contribution in [0.5, 0.6) is 0 Å². The molecule has 0 spiro atoms. The lowest BCUT2D eigenvalue weighted by Gasteiger charge is -2.62. The van der Waals surface area contributed by atoms with E-state index in [9.17, 15) is 0 Å². The molecule has 5 heteroatoms. The van der Waals surface area contributed by atoms with E-state index in [-0.39, 0.29) is 11.0 Å². The molecule has 2 heterocycles. The summed E-state index contributed by atoms with van der Waals surface area (Å²) in [5, 5.41) is 7.69. The fourth-order valence-corrected chi connectivity index (χ4v) is 3.58. The lowest BCUT2D eigenvalue weighted by atomic mass is 9.48. The van der Waals surface area contributed by atoms with Gasteiger partial charge in [-0.25, -0.2) is 0 Å². The number of aromatic nitrogens is 2. The first-order chi connectivity index (χ1) is 8.45. The Bertz CT molecular complexity index is 456. The van der Waals surface area contributed by atoms with Crippen molar-refractivity contribution in [1.29, 1.82) is 0 Å². The van der Waals surface area contributed by atoms with Crippen LogP contribution in [0.3, 0.4) is 0 Å². The number of hydrogen-bond donors (Lipinski definition) is 2. The normalized spacial score (nSPS) is 37.1. The summed E-state index contributed by atoms with van der Waals surface area (Å²) in [5.41, 5.74) is 6.46. The van der Waals surface area contributed by atoms with E-state index in [1.54, 1.807) is 4.68 Å². The van der Waals surface area contributed by atoms with E-state index >= 15 is 0 Å². The van der Waals surface area contributed by atoms with Gasteiger partial charge in [-0.2, -0.15) is 5.10 Å². The minimum absolute atomic E-state index is 0.0238. The van der Waals surface area contributed by atoms with Crippen LogP contribution in [0.15, 0.2) is 12.3 Å². The van der Waals surface area contributed by atoms with E-state index < -0.39 is 0 Å². The molecule has 1 saturated heterocycles. The third-order valence-corrected chi connectivity index (χ3v) is 4.94. The van der Waals surface area contributed by atoms with Crippen LogP contribution in [0, 0.1) is 11.3 Å². The summed E-state index contributed by atoms with van der Waals surface area (Å²) in [4.78, 5) is 0. The topological polar surface area (TPSA) is 65.1 Å². The molecule has 0 amide bonds. The van der Waals surface area contributed by atoms with E-state index in [1.165, 1.54) is 0 Å². The number of ether oxygens (including phenoxy) is 1. The average molecular weight is 250 g/mol. The molecular weight excluding hydrogens is 228 g/mol. The highest BCUT2D eigenvalue weighted by atomic mass is 16.5. The first-order valence-corrected chi connectivity index (χ1v) is 6.59. The van der Waals surface area contributed by atoms with Gasteiger partial charge in [0.25, 0.3) is 0 Å². The predicted octanol–water partition coefficient (Wildman–Crippen LogP) is 0.974. The van der Waals surface area contributed by atoms with Crippen LogP contribution in [0.2, 0.25) is 0 Å². The Hall–Kier alpha value is -1.07. The maximum Gasteiger partial charge on any atom is 0.148 e. The SMILES string of the molecule is Cn1ccc(NCC2(N)C3CCOC3C2(C)C)n1. The lowest BCUT2D eigenvalue weighted by molar-refractivity contribution is -0.149. The number of anilines is 1. The van der Waals surface area contributed by atoms with Crippen molar-refractivity contribution in [3.63, 3.8) is 0 Å². The first kappa shape index (κ1) is 12.0. The minimum Gasteiger partial charge on any atom is -0.377 e. The molecule has 0 aromatic carbocycles. The number of nitrogens with zero attached hydrogens (tertiary/aromatic N) is 2. The van der Waals surface area contributed by atoms with Crippen LogP contribution in [0.25, 0.3) is 0 Å². The van der Waals surface area contributed by atoms with Crippen molar-refractivity contribution in [3.05, 3.63) is 12.3 Å². The third kappa shape index (κ3) is 1.44. The van der Waals surface area contributed by atoms with Gasteiger partial charge in [0.15, 0.2) is 0 Å². The summed E-state index contributed by atoms with van der Waals surface area (Å²) >= 11 is 0. The molecule has 100 valence electrons. The fourth-order valence-electron chi connectivity index (χ4n) is 3.58. The first-order valence-electron chi connectivity index (χ1n) is 6.59. The smallest absolute Gasteiger partial charge is 0.148 e. The third-order valence-electron chi connectivity index (χ3n) is 4.94. The molecule has 3 unspecified atom stereocenters. The van der Waals surface area contributed by atoms with E-state index in [2.05, 4.69) is 24.3 Å². The van der Waals surface area contributed by atoms with Crippen molar-refractivity contribution < 1.29 is 4.74 Å². The van der Waals surface area contributed by atoms with Gasteiger partial charge in [-0.1, -0.05) is 13.8 Å². The van der Waals surface area contributed by atoms with Gasteiger partial charge in [-0.05, 0) is 6.42 Å². The van der Waals surface area contributed by atoms with Crippen molar-refractivity contribution in [2.24, 2.45) is 24.1 Å². The summed E-state index contributed by atoms with van der Waals surface area (Å²) in [6.07, 6.45) is 3.33. The maximum absolute atomic E-state index is 6.64. The van der Waals surface area contributed by atoms with Crippen molar-refractivity contribution in [2.75, 3.05) is 18.5 Å². The number of aryl methyl sites for hydroxylation is 1.